The van der Waals surface area contributed by atoms with Crippen molar-refractivity contribution in [3.63, 3.8) is 0 Å². The van der Waals surface area contributed by atoms with Crippen molar-refractivity contribution in [3.05, 3.63) is 51.7 Å². The van der Waals surface area contributed by atoms with Crippen molar-refractivity contribution in [2.45, 2.75) is 13.5 Å². The van der Waals surface area contributed by atoms with Crippen LogP contribution in [0.4, 0.5) is 0 Å². The average Bonchev–Trinajstić information content (AvgIpc) is 3.23. The number of aromatic nitrogens is 4. The Morgan fingerprint density at radius 2 is 2.08 bits per heavy atom. The minimum atomic E-state index is -0.339. The van der Waals surface area contributed by atoms with Gasteiger partial charge in [0.05, 0.1) is 14.9 Å². The SMILES string of the molecule is C/C(=N/NC(=O)Cn1nnc(-c2ccccc2)n1)c1ccc(Cl)s1. The van der Waals surface area contributed by atoms with Crippen LogP contribution in [-0.4, -0.2) is 31.8 Å². The molecule has 2 heterocycles. The number of halogens is 1. The number of nitrogens with zero attached hydrogens (tertiary/aromatic N) is 5. The van der Waals surface area contributed by atoms with E-state index in [1.54, 1.807) is 13.0 Å². The molecule has 24 heavy (non-hydrogen) atoms. The minimum Gasteiger partial charge on any atom is -0.271 e. The van der Waals surface area contributed by atoms with Gasteiger partial charge in [0.15, 0.2) is 0 Å². The molecule has 1 aromatic carbocycles. The van der Waals surface area contributed by atoms with Gasteiger partial charge in [-0.15, -0.1) is 21.5 Å². The summed E-state index contributed by atoms with van der Waals surface area (Å²) in [6.45, 7) is 1.73. The Balaban J connectivity index is 1.60. The molecule has 2 aromatic heterocycles. The molecule has 122 valence electrons. The normalized spacial score (nSPS) is 11.5. The van der Waals surface area contributed by atoms with Gasteiger partial charge in [0, 0.05) is 5.56 Å². The molecule has 0 aliphatic carbocycles. The van der Waals surface area contributed by atoms with Gasteiger partial charge in [-0.3, -0.25) is 4.79 Å². The van der Waals surface area contributed by atoms with E-state index in [-0.39, 0.29) is 12.5 Å². The lowest BCUT2D eigenvalue weighted by atomic mass is 10.2. The number of carbonyl (C=O) groups excluding carboxylic acids is 1. The number of thiophene rings is 1. The topological polar surface area (TPSA) is 85.1 Å². The molecule has 0 spiro atoms. The Hall–Kier alpha value is -2.58. The molecule has 0 aliphatic heterocycles. The number of nitrogens with one attached hydrogen (secondary N) is 1. The first kappa shape index (κ1) is 16.3. The molecule has 7 nitrogen and oxygen atoms in total. The highest BCUT2D eigenvalue weighted by Crippen LogP contribution is 2.21. The van der Waals surface area contributed by atoms with E-state index in [9.17, 15) is 4.79 Å². The lowest BCUT2D eigenvalue weighted by Gasteiger charge is -2.00. The summed E-state index contributed by atoms with van der Waals surface area (Å²) >= 11 is 7.27. The quantitative estimate of drug-likeness (QED) is 0.559. The summed E-state index contributed by atoms with van der Waals surface area (Å²) < 4.78 is 0.672. The van der Waals surface area contributed by atoms with Gasteiger partial charge in [-0.2, -0.15) is 9.90 Å². The average molecular weight is 361 g/mol. The zero-order valence-electron chi connectivity index (χ0n) is 12.7. The molecule has 9 heteroatoms. The van der Waals surface area contributed by atoms with Crippen LogP contribution in [0.25, 0.3) is 11.4 Å². The standard InChI is InChI=1S/C15H13ClN6OS/c1-10(12-7-8-13(16)24-12)17-18-14(23)9-22-20-15(19-21-22)11-5-3-2-4-6-11/h2-8H,9H2,1H3,(H,18,23)/b17-10-. The number of carbonyl (C=O) groups is 1. The second-order valence-corrected chi connectivity index (χ2v) is 6.56. The zero-order chi connectivity index (χ0) is 16.9. The summed E-state index contributed by atoms with van der Waals surface area (Å²) in [6, 6.07) is 13.1. The monoisotopic (exact) mass is 360 g/mol. The van der Waals surface area contributed by atoms with Crippen LogP contribution >= 0.6 is 22.9 Å². The number of tetrazole rings is 1. The van der Waals surface area contributed by atoms with Crippen molar-refractivity contribution in [2.75, 3.05) is 0 Å². The number of amides is 1. The van der Waals surface area contributed by atoms with E-state index in [4.69, 9.17) is 11.6 Å². The van der Waals surface area contributed by atoms with E-state index in [0.717, 1.165) is 10.4 Å². The first-order valence-electron chi connectivity index (χ1n) is 7.04. The number of benzene rings is 1. The molecule has 0 saturated carbocycles. The number of hydrazone groups is 1. The minimum absolute atomic E-state index is 0.0676. The zero-order valence-corrected chi connectivity index (χ0v) is 14.3. The van der Waals surface area contributed by atoms with Crippen molar-refractivity contribution in [1.82, 2.24) is 25.6 Å². The van der Waals surface area contributed by atoms with Crippen LogP contribution < -0.4 is 5.43 Å². The van der Waals surface area contributed by atoms with Crippen LogP contribution in [0.3, 0.4) is 0 Å². The largest absolute Gasteiger partial charge is 0.271 e. The van der Waals surface area contributed by atoms with Gasteiger partial charge in [0.2, 0.25) is 5.82 Å². The molecular weight excluding hydrogens is 348 g/mol. The third-order valence-corrected chi connectivity index (χ3v) is 4.39. The summed E-state index contributed by atoms with van der Waals surface area (Å²) in [4.78, 5) is 14.1. The van der Waals surface area contributed by atoms with Crippen molar-refractivity contribution in [3.8, 4) is 11.4 Å². The fourth-order valence-electron chi connectivity index (χ4n) is 1.89. The molecule has 0 atom stereocenters. The maximum atomic E-state index is 11.9. The number of hydrogen-bond donors (Lipinski definition) is 1. The number of hydrogen-bond acceptors (Lipinski definition) is 6. The van der Waals surface area contributed by atoms with E-state index in [1.165, 1.54) is 16.1 Å². The van der Waals surface area contributed by atoms with Gasteiger partial charge in [0.25, 0.3) is 5.91 Å². The van der Waals surface area contributed by atoms with Crippen molar-refractivity contribution in [2.24, 2.45) is 5.10 Å². The first-order valence-corrected chi connectivity index (χ1v) is 8.23. The van der Waals surface area contributed by atoms with E-state index in [1.807, 2.05) is 36.4 Å². The highest BCUT2D eigenvalue weighted by atomic mass is 35.5. The summed E-state index contributed by atoms with van der Waals surface area (Å²) in [5.41, 5.74) is 3.99. The molecule has 3 aromatic rings. The fraction of sp³-hybridized carbons (Fsp3) is 0.133. The lowest BCUT2D eigenvalue weighted by molar-refractivity contribution is -0.122. The molecule has 0 aliphatic rings. The maximum Gasteiger partial charge on any atom is 0.263 e. The maximum absolute atomic E-state index is 11.9. The van der Waals surface area contributed by atoms with Crippen molar-refractivity contribution in [1.29, 1.82) is 0 Å². The van der Waals surface area contributed by atoms with Crippen molar-refractivity contribution >= 4 is 34.6 Å². The molecule has 1 amide bonds. The van der Waals surface area contributed by atoms with Gasteiger partial charge >= 0.3 is 0 Å². The van der Waals surface area contributed by atoms with Crippen LogP contribution in [0.2, 0.25) is 4.34 Å². The molecule has 0 bridgehead atoms. The molecule has 3 rings (SSSR count). The second-order valence-electron chi connectivity index (χ2n) is 4.85. The molecule has 1 N–H and O–H groups in total. The number of rotatable bonds is 5. The molecule has 0 saturated heterocycles. The Labute approximate surface area is 147 Å². The van der Waals surface area contributed by atoms with Gasteiger partial charge in [-0.1, -0.05) is 41.9 Å². The van der Waals surface area contributed by atoms with E-state index in [2.05, 4.69) is 25.9 Å². The van der Waals surface area contributed by atoms with Gasteiger partial charge in [0.1, 0.15) is 6.54 Å². The summed E-state index contributed by atoms with van der Waals surface area (Å²) in [6.07, 6.45) is 0. The summed E-state index contributed by atoms with van der Waals surface area (Å²) in [5.74, 6) is 0.130. The Kier molecular flexibility index (Phi) is 4.97. The third-order valence-electron chi connectivity index (χ3n) is 3.05. The van der Waals surface area contributed by atoms with E-state index < -0.39 is 0 Å². The van der Waals surface area contributed by atoms with Crippen LogP contribution in [0.5, 0.6) is 0 Å². The Morgan fingerprint density at radius 3 is 2.79 bits per heavy atom. The van der Waals surface area contributed by atoms with Crippen LogP contribution in [0, 0.1) is 0 Å². The van der Waals surface area contributed by atoms with Crippen LogP contribution in [0.15, 0.2) is 47.6 Å². The predicted molar refractivity (Wildman–Crippen MR) is 92.9 cm³/mol. The van der Waals surface area contributed by atoms with E-state index in [0.29, 0.717) is 15.9 Å². The Morgan fingerprint density at radius 1 is 1.29 bits per heavy atom. The molecular formula is C15H13ClN6OS. The summed E-state index contributed by atoms with van der Waals surface area (Å²) in [5, 5.41) is 16.0. The third kappa shape index (κ3) is 4.03. The highest BCUT2D eigenvalue weighted by Gasteiger charge is 2.09. The molecule has 0 unspecified atom stereocenters. The predicted octanol–water partition coefficient (Wildman–Crippen LogP) is 2.60. The first-order chi connectivity index (χ1) is 11.6. The van der Waals surface area contributed by atoms with Gasteiger partial charge in [-0.05, 0) is 24.3 Å². The van der Waals surface area contributed by atoms with Crippen molar-refractivity contribution < 1.29 is 4.79 Å². The van der Waals surface area contributed by atoms with E-state index >= 15 is 0 Å². The van der Waals surface area contributed by atoms with Gasteiger partial charge < -0.3 is 0 Å². The van der Waals surface area contributed by atoms with Crippen LogP contribution in [-0.2, 0) is 11.3 Å². The molecule has 0 fully saturated rings. The van der Waals surface area contributed by atoms with Crippen LogP contribution in [0.1, 0.15) is 11.8 Å². The molecule has 0 radical (unpaired) electrons. The van der Waals surface area contributed by atoms with Gasteiger partial charge in [-0.25, -0.2) is 5.43 Å². The fourth-order valence-corrected chi connectivity index (χ4v) is 2.87. The lowest BCUT2D eigenvalue weighted by Crippen LogP contribution is -2.25. The highest BCUT2D eigenvalue weighted by molar-refractivity contribution is 7.18. The Bertz CT molecular complexity index is 873. The smallest absolute Gasteiger partial charge is 0.263 e. The summed E-state index contributed by atoms with van der Waals surface area (Å²) in [7, 11) is 0. The second kappa shape index (κ2) is 7.33.